The number of carbonyl (C=O) groups is 1. The molecule has 2 N–H and O–H groups in total. The summed E-state index contributed by atoms with van der Waals surface area (Å²) in [6.45, 7) is 4.43. The van der Waals surface area contributed by atoms with Crippen LogP contribution in [-0.2, 0) is 4.79 Å². The van der Waals surface area contributed by atoms with Crippen LogP contribution in [0.4, 0.5) is 0 Å². The highest BCUT2D eigenvalue weighted by molar-refractivity contribution is 5.76. The van der Waals surface area contributed by atoms with E-state index < -0.39 is 0 Å². The molecule has 0 radical (unpaired) electrons. The maximum absolute atomic E-state index is 11.6. The first kappa shape index (κ1) is 14.4. The van der Waals surface area contributed by atoms with Gasteiger partial charge in [0.25, 0.3) is 0 Å². The SMILES string of the molecule is CC(CN)CC(=O)N(C)CCCN(C)C. The number of nitrogens with zero attached hydrogens (tertiary/aromatic N) is 2. The van der Waals surface area contributed by atoms with Gasteiger partial charge in [0.1, 0.15) is 0 Å². The van der Waals surface area contributed by atoms with Crippen molar-refractivity contribution in [1.82, 2.24) is 9.80 Å². The van der Waals surface area contributed by atoms with Crippen LogP contribution in [0.1, 0.15) is 19.8 Å². The van der Waals surface area contributed by atoms with Crippen LogP contribution >= 0.6 is 0 Å². The summed E-state index contributed by atoms with van der Waals surface area (Å²) >= 11 is 0. The summed E-state index contributed by atoms with van der Waals surface area (Å²) in [4.78, 5) is 15.6. The van der Waals surface area contributed by atoms with Crippen LogP contribution in [0.15, 0.2) is 0 Å². The zero-order chi connectivity index (χ0) is 11.8. The molecule has 0 heterocycles. The van der Waals surface area contributed by atoms with E-state index >= 15 is 0 Å². The van der Waals surface area contributed by atoms with E-state index in [4.69, 9.17) is 5.73 Å². The summed E-state index contributed by atoms with van der Waals surface area (Å²) in [7, 11) is 5.94. The molecule has 0 bridgehead atoms. The zero-order valence-corrected chi connectivity index (χ0v) is 10.5. The lowest BCUT2D eigenvalue weighted by Crippen LogP contribution is -2.31. The number of hydrogen-bond acceptors (Lipinski definition) is 3. The first-order valence-corrected chi connectivity index (χ1v) is 5.56. The third kappa shape index (κ3) is 7.33. The van der Waals surface area contributed by atoms with Gasteiger partial charge in [0.05, 0.1) is 0 Å². The highest BCUT2D eigenvalue weighted by atomic mass is 16.2. The number of carbonyl (C=O) groups excluding carboxylic acids is 1. The third-order valence-electron chi connectivity index (χ3n) is 2.45. The Morgan fingerprint density at radius 3 is 2.33 bits per heavy atom. The molecule has 15 heavy (non-hydrogen) atoms. The van der Waals surface area contributed by atoms with Crippen LogP contribution in [0.2, 0.25) is 0 Å². The largest absolute Gasteiger partial charge is 0.346 e. The zero-order valence-electron chi connectivity index (χ0n) is 10.5. The minimum absolute atomic E-state index is 0.201. The van der Waals surface area contributed by atoms with Crippen LogP contribution in [0, 0.1) is 5.92 Å². The minimum atomic E-state index is 0.201. The van der Waals surface area contributed by atoms with E-state index in [1.165, 1.54) is 0 Å². The van der Waals surface area contributed by atoms with Crippen LogP contribution < -0.4 is 5.73 Å². The Bertz CT molecular complexity index is 183. The number of amides is 1. The highest BCUT2D eigenvalue weighted by Crippen LogP contribution is 2.02. The first-order chi connectivity index (χ1) is 6.97. The maximum Gasteiger partial charge on any atom is 0.222 e. The number of hydrogen-bond donors (Lipinski definition) is 1. The van der Waals surface area contributed by atoms with Crippen molar-refractivity contribution >= 4 is 5.91 Å². The first-order valence-electron chi connectivity index (χ1n) is 5.56. The van der Waals surface area contributed by atoms with Crippen molar-refractivity contribution in [2.75, 3.05) is 40.8 Å². The molecule has 0 saturated carbocycles. The molecule has 1 amide bonds. The highest BCUT2D eigenvalue weighted by Gasteiger charge is 2.11. The molecule has 0 fully saturated rings. The molecule has 0 aliphatic heterocycles. The number of rotatable bonds is 7. The Morgan fingerprint density at radius 2 is 1.87 bits per heavy atom. The molecule has 0 spiro atoms. The van der Waals surface area contributed by atoms with Crippen molar-refractivity contribution in [1.29, 1.82) is 0 Å². The summed E-state index contributed by atoms with van der Waals surface area (Å²) in [5, 5.41) is 0. The van der Waals surface area contributed by atoms with E-state index in [1.54, 1.807) is 4.90 Å². The molecule has 4 heteroatoms. The van der Waals surface area contributed by atoms with Gasteiger partial charge in [-0.25, -0.2) is 0 Å². The van der Waals surface area contributed by atoms with Crippen molar-refractivity contribution in [3.05, 3.63) is 0 Å². The smallest absolute Gasteiger partial charge is 0.222 e. The van der Waals surface area contributed by atoms with Crippen LogP contribution in [-0.4, -0.2) is 56.5 Å². The molecule has 1 atom stereocenters. The molecule has 1 unspecified atom stereocenters. The predicted molar refractivity (Wildman–Crippen MR) is 63.6 cm³/mol. The van der Waals surface area contributed by atoms with E-state index in [-0.39, 0.29) is 11.8 Å². The molecule has 0 aromatic heterocycles. The van der Waals surface area contributed by atoms with Gasteiger partial charge in [-0.1, -0.05) is 6.92 Å². The average Bonchev–Trinajstić information content (AvgIpc) is 2.16. The van der Waals surface area contributed by atoms with E-state index in [0.29, 0.717) is 13.0 Å². The Kier molecular flexibility index (Phi) is 7.34. The molecular weight excluding hydrogens is 190 g/mol. The summed E-state index contributed by atoms with van der Waals surface area (Å²) < 4.78 is 0. The van der Waals surface area contributed by atoms with Gasteiger partial charge in [0.2, 0.25) is 5.91 Å². The van der Waals surface area contributed by atoms with Crippen molar-refractivity contribution in [2.24, 2.45) is 11.7 Å². The Labute approximate surface area is 93.4 Å². The quantitative estimate of drug-likeness (QED) is 0.668. The minimum Gasteiger partial charge on any atom is -0.346 e. The second-order valence-electron chi connectivity index (χ2n) is 4.52. The third-order valence-corrected chi connectivity index (χ3v) is 2.45. The molecule has 4 nitrogen and oxygen atoms in total. The lowest BCUT2D eigenvalue weighted by Gasteiger charge is -2.20. The fraction of sp³-hybridized carbons (Fsp3) is 0.909. The summed E-state index contributed by atoms with van der Waals surface area (Å²) in [5.41, 5.74) is 5.48. The summed E-state index contributed by atoms with van der Waals surface area (Å²) in [5.74, 6) is 0.487. The molecule has 0 aromatic rings. The molecular formula is C11H25N3O. The van der Waals surface area contributed by atoms with Crippen LogP contribution in [0.25, 0.3) is 0 Å². The molecule has 0 aliphatic carbocycles. The van der Waals surface area contributed by atoms with E-state index in [1.807, 2.05) is 28.1 Å². The summed E-state index contributed by atoms with van der Waals surface area (Å²) in [6.07, 6.45) is 1.58. The van der Waals surface area contributed by atoms with Gasteiger partial charge >= 0.3 is 0 Å². The Morgan fingerprint density at radius 1 is 1.27 bits per heavy atom. The molecule has 90 valence electrons. The van der Waals surface area contributed by atoms with Gasteiger partial charge in [-0.2, -0.15) is 0 Å². The lowest BCUT2D eigenvalue weighted by molar-refractivity contribution is -0.130. The topological polar surface area (TPSA) is 49.6 Å². The lowest BCUT2D eigenvalue weighted by atomic mass is 10.1. The van der Waals surface area contributed by atoms with Crippen LogP contribution in [0.5, 0.6) is 0 Å². The molecule has 0 aromatic carbocycles. The second kappa shape index (κ2) is 7.65. The molecule has 0 rings (SSSR count). The second-order valence-corrected chi connectivity index (χ2v) is 4.52. The molecule has 0 saturated heterocycles. The normalized spacial score (nSPS) is 12.9. The van der Waals surface area contributed by atoms with Gasteiger partial charge in [-0.3, -0.25) is 4.79 Å². The van der Waals surface area contributed by atoms with Crippen molar-refractivity contribution < 1.29 is 4.79 Å². The standard InChI is InChI=1S/C11H25N3O/c1-10(9-12)8-11(15)14(4)7-5-6-13(2)3/h10H,5-9,12H2,1-4H3. The van der Waals surface area contributed by atoms with Gasteiger partial charge in [-0.05, 0) is 39.5 Å². The Hall–Kier alpha value is -0.610. The van der Waals surface area contributed by atoms with E-state index in [9.17, 15) is 4.79 Å². The fourth-order valence-corrected chi connectivity index (χ4v) is 1.29. The van der Waals surface area contributed by atoms with Gasteiger partial charge < -0.3 is 15.5 Å². The maximum atomic E-state index is 11.6. The van der Waals surface area contributed by atoms with Gasteiger partial charge in [0, 0.05) is 20.0 Å². The van der Waals surface area contributed by atoms with E-state index in [2.05, 4.69) is 4.90 Å². The van der Waals surface area contributed by atoms with Crippen molar-refractivity contribution in [2.45, 2.75) is 19.8 Å². The van der Waals surface area contributed by atoms with Gasteiger partial charge in [0.15, 0.2) is 0 Å². The predicted octanol–water partition coefficient (Wildman–Crippen LogP) is 0.381. The molecule has 0 aliphatic rings. The Balaban J connectivity index is 3.69. The number of nitrogens with two attached hydrogens (primary N) is 1. The van der Waals surface area contributed by atoms with E-state index in [0.717, 1.165) is 19.5 Å². The fourth-order valence-electron chi connectivity index (χ4n) is 1.29. The van der Waals surface area contributed by atoms with Crippen molar-refractivity contribution in [3.8, 4) is 0 Å². The van der Waals surface area contributed by atoms with Gasteiger partial charge in [-0.15, -0.1) is 0 Å². The van der Waals surface area contributed by atoms with Crippen LogP contribution in [0.3, 0.4) is 0 Å². The monoisotopic (exact) mass is 215 g/mol. The summed E-state index contributed by atoms with van der Waals surface area (Å²) in [6, 6.07) is 0. The average molecular weight is 215 g/mol. The van der Waals surface area contributed by atoms with Crippen molar-refractivity contribution in [3.63, 3.8) is 0 Å².